The van der Waals surface area contributed by atoms with Crippen molar-refractivity contribution in [2.45, 2.75) is 9.79 Å². The van der Waals surface area contributed by atoms with Crippen LogP contribution in [0, 0.1) is 11.6 Å². The first-order valence-electron chi connectivity index (χ1n) is 5.72. The van der Waals surface area contributed by atoms with E-state index in [-0.39, 0.29) is 10.6 Å². The topological polar surface area (TPSA) is 52.3 Å². The standard InChI is InChI=1S/C14H10ClF2NO2S/c1-20-14(19)9-4-7(18)5-10(15)13(9)21-8-2-3-11(16)12(17)6-8/h2-6H,18H2,1H3. The number of methoxy groups -OCH3 is 1. The predicted octanol–water partition coefficient (Wildman–Crippen LogP) is 4.14. The summed E-state index contributed by atoms with van der Waals surface area (Å²) >= 11 is 7.10. The van der Waals surface area contributed by atoms with Crippen LogP contribution in [0.3, 0.4) is 0 Å². The molecule has 0 amide bonds. The first-order chi connectivity index (χ1) is 9.92. The number of esters is 1. The van der Waals surface area contributed by atoms with Gasteiger partial charge in [0.1, 0.15) is 0 Å². The third-order valence-corrected chi connectivity index (χ3v) is 4.13. The van der Waals surface area contributed by atoms with Gasteiger partial charge in [0.05, 0.1) is 17.7 Å². The zero-order valence-electron chi connectivity index (χ0n) is 10.8. The zero-order valence-corrected chi connectivity index (χ0v) is 12.4. The lowest BCUT2D eigenvalue weighted by Gasteiger charge is -2.11. The molecule has 0 aliphatic carbocycles. The summed E-state index contributed by atoms with van der Waals surface area (Å²) in [5.41, 5.74) is 6.11. The number of rotatable bonds is 3. The van der Waals surface area contributed by atoms with Gasteiger partial charge in [-0.25, -0.2) is 13.6 Å². The molecule has 2 aromatic carbocycles. The maximum absolute atomic E-state index is 13.2. The summed E-state index contributed by atoms with van der Waals surface area (Å²) in [5, 5.41) is 0.227. The Bertz CT molecular complexity index is 710. The van der Waals surface area contributed by atoms with E-state index in [4.69, 9.17) is 17.3 Å². The summed E-state index contributed by atoms with van der Waals surface area (Å²) in [5.74, 6) is -2.54. The Hall–Kier alpha value is -1.79. The molecule has 0 bridgehead atoms. The molecule has 0 spiro atoms. The van der Waals surface area contributed by atoms with Crippen molar-refractivity contribution in [2.75, 3.05) is 12.8 Å². The van der Waals surface area contributed by atoms with E-state index < -0.39 is 17.6 Å². The summed E-state index contributed by atoms with van der Waals surface area (Å²) in [4.78, 5) is 12.5. The van der Waals surface area contributed by atoms with Gasteiger partial charge in [-0.2, -0.15) is 0 Å². The number of hydrogen-bond donors (Lipinski definition) is 1. The first kappa shape index (κ1) is 15.6. The summed E-state index contributed by atoms with van der Waals surface area (Å²) in [6, 6.07) is 6.29. The Labute approximate surface area is 129 Å². The van der Waals surface area contributed by atoms with Crippen LogP contribution >= 0.6 is 23.4 Å². The molecular formula is C14H10ClF2NO2S. The lowest BCUT2D eigenvalue weighted by atomic mass is 10.2. The number of benzene rings is 2. The molecule has 2 aromatic rings. The number of anilines is 1. The van der Waals surface area contributed by atoms with Gasteiger partial charge in [-0.3, -0.25) is 0 Å². The molecule has 7 heteroatoms. The largest absolute Gasteiger partial charge is 0.465 e. The number of halogens is 3. The van der Waals surface area contributed by atoms with Crippen molar-refractivity contribution in [3.05, 3.63) is 52.6 Å². The number of nitrogen functional groups attached to an aromatic ring is 1. The summed E-state index contributed by atoms with van der Waals surface area (Å²) in [6.45, 7) is 0. The fraction of sp³-hybridized carbons (Fsp3) is 0.0714. The third-order valence-electron chi connectivity index (χ3n) is 2.58. The van der Waals surface area contributed by atoms with Crippen LogP contribution in [0.25, 0.3) is 0 Å². The third kappa shape index (κ3) is 3.46. The molecule has 0 saturated heterocycles. The average Bonchev–Trinajstić information content (AvgIpc) is 2.44. The second kappa shape index (κ2) is 6.32. The molecule has 0 heterocycles. The van der Waals surface area contributed by atoms with Crippen molar-refractivity contribution >= 4 is 35.0 Å². The van der Waals surface area contributed by atoms with Gasteiger partial charge < -0.3 is 10.5 Å². The van der Waals surface area contributed by atoms with Gasteiger partial charge in [-0.15, -0.1) is 0 Å². The van der Waals surface area contributed by atoms with Crippen molar-refractivity contribution < 1.29 is 18.3 Å². The highest BCUT2D eigenvalue weighted by atomic mass is 35.5. The van der Waals surface area contributed by atoms with E-state index in [1.54, 1.807) is 0 Å². The van der Waals surface area contributed by atoms with Crippen molar-refractivity contribution in [3.63, 3.8) is 0 Å². The number of ether oxygens (including phenoxy) is 1. The van der Waals surface area contributed by atoms with E-state index in [1.165, 1.54) is 25.3 Å². The van der Waals surface area contributed by atoms with E-state index >= 15 is 0 Å². The maximum Gasteiger partial charge on any atom is 0.339 e. The Morgan fingerprint density at radius 1 is 1.24 bits per heavy atom. The fourth-order valence-electron chi connectivity index (χ4n) is 1.64. The predicted molar refractivity (Wildman–Crippen MR) is 77.7 cm³/mol. The molecule has 2 N–H and O–H groups in total. The molecule has 2 rings (SSSR count). The molecule has 0 fully saturated rings. The van der Waals surface area contributed by atoms with Crippen LogP contribution in [-0.4, -0.2) is 13.1 Å². The fourth-order valence-corrected chi connectivity index (χ4v) is 2.92. The van der Waals surface area contributed by atoms with Gasteiger partial charge in [-0.1, -0.05) is 23.4 Å². The van der Waals surface area contributed by atoms with E-state index in [2.05, 4.69) is 4.74 Å². The van der Waals surface area contributed by atoms with Crippen LogP contribution in [-0.2, 0) is 4.74 Å². The normalized spacial score (nSPS) is 10.5. The van der Waals surface area contributed by atoms with Crippen LogP contribution in [0.4, 0.5) is 14.5 Å². The Kier molecular flexibility index (Phi) is 4.69. The molecular weight excluding hydrogens is 320 g/mol. The molecule has 110 valence electrons. The van der Waals surface area contributed by atoms with Crippen LogP contribution in [0.1, 0.15) is 10.4 Å². The lowest BCUT2D eigenvalue weighted by molar-refractivity contribution is 0.0597. The molecule has 0 aliphatic heterocycles. The zero-order chi connectivity index (χ0) is 15.6. The quantitative estimate of drug-likeness (QED) is 0.679. The highest BCUT2D eigenvalue weighted by Gasteiger charge is 2.18. The minimum atomic E-state index is -0.980. The summed E-state index contributed by atoms with van der Waals surface area (Å²) < 4.78 is 30.8. The number of hydrogen-bond acceptors (Lipinski definition) is 4. The number of carbonyl (C=O) groups excluding carboxylic acids is 1. The lowest BCUT2D eigenvalue weighted by Crippen LogP contribution is -2.05. The van der Waals surface area contributed by atoms with Gasteiger partial charge in [0.15, 0.2) is 11.6 Å². The van der Waals surface area contributed by atoms with Gasteiger partial charge in [-0.05, 0) is 30.3 Å². The van der Waals surface area contributed by atoms with Crippen molar-refractivity contribution in [1.29, 1.82) is 0 Å². The number of carbonyl (C=O) groups is 1. The second-order valence-corrected chi connectivity index (χ2v) is 5.54. The minimum absolute atomic E-state index is 0.164. The SMILES string of the molecule is COC(=O)c1cc(N)cc(Cl)c1Sc1ccc(F)c(F)c1. The highest BCUT2D eigenvalue weighted by Crippen LogP contribution is 2.38. The van der Waals surface area contributed by atoms with Crippen LogP contribution < -0.4 is 5.73 Å². The van der Waals surface area contributed by atoms with Gasteiger partial charge in [0.2, 0.25) is 0 Å². The molecule has 0 atom stereocenters. The van der Waals surface area contributed by atoms with Crippen LogP contribution in [0.5, 0.6) is 0 Å². The van der Waals surface area contributed by atoms with E-state index in [1.807, 2.05) is 0 Å². The van der Waals surface area contributed by atoms with E-state index in [9.17, 15) is 13.6 Å². The molecule has 0 unspecified atom stereocenters. The van der Waals surface area contributed by atoms with Crippen molar-refractivity contribution in [1.82, 2.24) is 0 Å². The number of nitrogens with two attached hydrogens (primary N) is 1. The second-order valence-electron chi connectivity index (χ2n) is 4.05. The van der Waals surface area contributed by atoms with Crippen molar-refractivity contribution in [3.8, 4) is 0 Å². The monoisotopic (exact) mass is 329 g/mol. The van der Waals surface area contributed by atoms with E-state index in [0.717, 1.165) is 23.9 Å². The average molecular weight is 330 g/mol. The molecule has 0 aliphatic rings. The summed E-state index contributed by atoms with van der Waals surface area (Å²) in [7, 11) is 1.23. The minimum Gasteiger partial charge on any atom is -0.465 e. The highest BCUT2D eigenvalue weighted by molar-refractivity contribution is 7.99. The van der Waals surface area contributed by atoms with Crippen molar-refractivity contribution in [2.24, 2.45) is 0 Å². The van der Waals surface area contributed by atoms with E-state index in [0.29, 0.717) is 15.5 Å². The van der Waals surface area contributed by atoms with Gasteiger partial charge in [0, 0.05) is 15.5 Å². The van der Waals surface area contributed by atoms with Crippen LogP contribution in [0.2, 0.25) is 5.02 Å². The molecule has 3 nitrogen and oxygen atoms in total. The summed E-state index contributed by atoms with van der Waals surface area (Å²) in [6.07, 6.45) is 0. The first-order valence-corrected chi connectivity index (χ1v) is 6.92. The van der Waals surface area contributed by atoms with Crippen LogP contribution in [0.15, 0.2) is 40.1 Å². The molecule has 21 heavy (non-hydrogen) atoms. The molecule has 0 saturated carbocycles. The Balaban J connectivity index is 2.47. The Morgan fingerprint density at radius 2 is 1.95 bits per heavy atom. The smallest absolute Gasteiger partial charge is 0.339 e. The molecule has 0 aromatic heterocycles. The maximum atomic E-state index is 13.2. The Morgan fingerprint density at radius 3 is 2.57 bits per heavy atom. The van der Waals surface area contributed by atoms with Gasteiger partial charge in [0.25, 0.3) is 0 Å². The van der Waals surface area contributed by atoms with Gasteiger partial charge >= 0.3 is 5.97 Å². The molecule has 0 radical (unpaired) electrons.